The van der Waals surface area contributed by atoms with Gasteiger partial charge >= 0.3 is 5.97 Å². The number of ether oxygens (including phenoxy) is 1. The lowest BCUT2D eigenvalue weighted by Gasteiger charge is -2.18. The highest BCUT2D eigenvalue weighted by molar-refractivity contribution is 6.21. The molecule has 0 aliphatic carbocycles. The molecule has 23 heavy (non-hydrogen) atoms. The highest BCUT2D eigenvalue weighted by Crippen LogP contribution is 2.28. The van der Waals surface area contributed by atoms with Gasteiger partial charge in [-0.1, -0.05) is 0 Å². The Morgan fingerprint density at radius 2 is 2.00 bits per heavy atom. The van der Waals surface area contributed by atoms with E-state index in [-0.39, 0.29) is 17.8 Å². The normalized spacial score (nSPS) is 14.2. The lowest BCUT2D eigenvalue weighted by Crippen LogP contribution is -2.43. The molecule has 9 nitrogen and oxygen atoms in total. The van der Waals surface area contributed by atoms with Crippen molar-refractivity contribution in [1.82, 2.24) is 4.90 Å². The standard InChI is InChI=1S/C14H12N2O7/c1-7(17)11(14(20)23-2)13(19)15-6-8-3-4-9(16(21)22)5-10(8)12(15)18/h3-5,11H,6H2,1-2H3. The van der Waals surface area contributed by atoms with Crippen LogP contribution in [0, 0.1) is 16.0 Å². The molecule has 0 fully saturated rings. The lowest BCUT2D eigenvalue weighted by atomic mass is 10.0. The number of fused-ring (bicyclic) bond motifs is 1. The van der Waals surface area contributed by atoms with Crippen LogP contribution in [-0.4, -0.2) is 40.5 Å². The minimum Gasteiger partial charge on any atom is -0.468 e. The van der Waals surface area contributed by atoms with Gasteiger partial charge in [0.2, 0.25) is 0 Å². The lowest BCUT2D eigenvalue weighted by molar-refractivity contribution is -0.384. The number of hydrogen-bond donors (Lipinski definition) is 0. The molecule has 9 heteroatoms. The van der Waals surface area contributed by atoms with Gasteiger partial charge in [0, 0.05) is 12.1 Å². The first-order valence-corrected chi connectivity index (χ1v) is 6.49. The predicted octanol–water partition coefficient (Wildman–Crippen LogP) is 0.455. The summed E-state index contributed by atoms with van der Waals surface area (Å²) in [7, 11) is 1.02. The Morgan fingerprint density at radius 3 is 2.52 bits per heavy atom. The number of ketones is 1. The van der Waals surface area contributed by atoms with Crippen LogP contribution < -0.4 is 0 Å². The maximum absolute atomic E-state index is 12.3. The molecule has 1 aromatic carbocycles. The van der Waals surface area contributed by atoms with Crippen LogP contribution in [0.3, 0.4) is 0 Å². The van der Waals surface area contributed by atoms with Gasteiger partial charge in [-0.05, 0) is 18.6 Å². The van der Waals surface area contributed by atoms with E-state index in [1.165, 1.54) is 12.1 Å². The summed E-state index contributed by atoms with van der Waals surface area (Å²) >= 11 is 0. The van der Waals surface area contributed by atoms with Crippen LogP contribution in [0.1, 0.15) is 22.8 Å². The van der Waals surface area contributed by atoms with Crippen molar-refractivity contribution in [2.45, 2.75) is 13.5 Å². The number of Topliss-reactive ketones (excluding diaryl/α,β-unsaturated/α-hetero) is 1. The second-order valence-electron chi connectivity index (χ2n) is 4.89. The minimum atomic E-state index is -1.73. The number of nitro groups is 1. The Labute approximate surface area is 130 Å². The SMILES string of the molecule is COC(=O)C(C(C)=O)C(=O)N1Cc2ccc([N+](=O)[O-])cc2C1=O. The van der Waals surface area contributed by atoms with Crippen molar-refractivity contribution >= 4 is 29.3 Å². The molecule has 1 aromatic rings. The maximum Gasteiger partial charge on any atom is 0.325 e. The van der Waals surface area contributed by atoms with E-state index < -0.39 is 34.4 Å². The summed E-state index contributed by atoms with van der Waals surface area (Å²) < 4.78 is 4.41. The number of methoxy groups -OCH3 is 1. The highest BCUT2D eigenvalue weighted by atomic mass is 16.6. The number of nitrogens with zero attached hydrogens (tertiary/aromatic N) is 2. The Bertz CT molecular complexity index is 741. The van der Waals surface area contributed by atoms with Crippen LogP contribution in [-0.2, 0) is 25.7 Å². The van der Waals surface area contributed by atoms with Crippen LogP contribution >= 0.6 is 0 Å². The molecule has 1 unspecified atom stereocenters. The fraction of sp³-hybridized carbons (Fsp3) is 0.286. The van der Waals surface area contributed by atoms with Crippen molar-refractivity contribution in [3.8, 4) is 0 Å². The van der Waals surface area contributed by atoms with Crippen LogP contribution in [0.5, 0.6) is 0 Å². The van der Waals surface area contributed by atoms with Gasteiger partial charge in [0.15, 0.2) is 11.7 Å². The fourth-order valence-electron chi connectivity index (χ4n) is 2.29. The van der Waals surface area contributed by atoms with E-state index in [1.807, 2.05) is 0 Å². The number of carbonyl (C=O) groups is 4. The second-order valence-corrected chi connectivity index (χ2v) is 4.89. The number of nitro benzene ring substituents is 1. The second kappa shape index (κ2) is 5.95. The highest BCUT2D eigenvalue weighted by Gasteiger charge is 2.41. The number of imide groups is 1. The summed E-state index contributed by atoms with van der Waals surface area (Å²) in [6, 6.07) is 3.63. The molecule has 2 rings (SSSR count). The summed E-state index contributed by atoms with van der Waals surface area (Å²) in [6.45, 7) is 0.879. The van der Waals surface area contributed by atoms with Gasteiger partial charge in [0.05, 0.1) is 24.1 Å². The predicted molar refractivity (Wildman–Crippen MR) is 74.2 cm³/mol. The Balaban J connectivity index is 2.34. The number of carbonyl (C=O) groups excluding carboxylic acids is 4. The summed E-state index contributed by atoms with van der Waals surface area (Å²) in [5.74, 6) is -5.33. The molecule has 1 aliphatic heterocycles. The Hall–Kier alpha value is -3.10. The molecule has 1 atom stereocenters. The average Bonchev–Trinajstić information content (AvgIpc) is 2.83. The molecule has 0 aromatic heterocycles. The maximum atomic E-state index is 12.3. The number of rotatable bonds is 4. The van der Waals surface area contributed by atoms with Crippen LogP contribution in [0.4, 0.5) is 5.69 Å². The van der Waals surface area contributed by atoms with Crippen LogP contribution in [0.25, 0.3) is 0 Å². The fourth-order valence-corrected chi connectivity index (χ4v) is 2.29. The first kappa shape index (κ1) is 16.3. The van der Waals surface area contributed by atoms with Gasteiger partial charge in [0.1, 0.15) is 0 Å². The molecule has 0 radical (unpaired) electrons. The third-order valence-electron chi connectivity index (χ3n) is 3.46. The molecular formula is C14H12N2O7. The van der Waals surface area contributed by atoms with E-state index in [1.54, 1.807) is 0 Å². The van der Waals surface area contributed by atoms with Crippen molar-refractivity contribution in [3.05, 3.63) is 39.4 Å². The zero-order valence-corrected chi connectivity index (χ0v) is 12.3. The average molecular weight is 320 g/mol. The van der Waals surface area contributed by atoms with Crippen molar-refractivity contribution < 1.29 is 28.8 Å². The summed E-state index contributed by atoms with van der Waals surface area (Å²) in [6.07, 6.45) is 0. The molecule has 0 bridgehead atoms. The van der Waals surface area contributed by atoms with Gasteiger partial charge in [-0.15, -0.1) is 0 Å². The van der Waals surface area contributed by atoms with E-state index >= 15 is 0 Å². The third-order valence-corrected chi connectivity index (χ3v) is 3.46. The summed E-state index contributed by atoms with van der Waals surface area (Å²) in [4.78, 5) is 58.5. The number of non-ortho nitro benzene ring substituents is 1. The quantitative estimate of drug-likeness (QED) is 0.341. The van der Waals surface area contributed by atoms with E-state index in [0.29, 0.717) is 5.56 Å². The van der Waals surface area contributed by atoms with Gasteiger partial charge in [-0.25, -0.2) is 0 Å². The zero-order chi connectivity index (χ0) is 17.3. The minimum absolute atomic E-state index is 0.000261. The van der Waals surface area contributed by atoms with Crippen molar-refractivity contribution in [3.63, 3.8) is 0 Å². The zero-order valence-electron chi connectivity index (χ0n) is 12.3. The largest absolute Gasteiger partial charge is 0.468 e. The Morgan fingerprint density at radius 1 is 1.35 bits per heavy atom. The number of esters is 1. The molecule has 0 saturated carbocycles. The first-order valence-electron chi connectivity index (χ1n) is 6.49. The Kier molecular flexibility index (Phi) is 4.21. The molecule has 1 aliphatic rings. The molecule has 0 spiro atoms. The molecule has 120 valence electrons. The van der Waals surface area contributed by atoms with E-state index in [4.69, 9.17) is 0 Å². The van der Waals surface area contributed by atoms with Gasteiger partial charge in [0.25, 0.3) is 17.5 Å². The molecule has 1 heterocycles. The van der Waals surface area contributed by atoms with Crippen LogP contribution in [0.2, 0.25) is 0 Å². The van der Waals surface area contributed by atoms with Gasteiger partial charge in [-0.2, -0.15) is 0 Å². The van der Waals surface area contributed by atoms with Crippen LogP contribution in [0.15, 0.2) is 18.2 Å². The summed E-state index contributed by atoms with van der Waals surface area (Å²) in [5, 5.41) is 10.8. The molecular weight excluding hydrogens is 308 g/mol. The number of hydrogen-bond acceptors (Lipinski definition) is 7. The first-order chi connectivity index (χ1) is 10.8. The molecule has 2 amide bonds. The van der Waals surface area contributed by atoms with Gasteiger partial charge < -0.3 is 4.74 Å². The number of amides is 2. The van der Waals surface area contributed by atoms with E-state index in [2.05, 4.69) is 4.74 Å². The van der Waals surface area contributed by atoms with Crippen molar-refractivity contribution in [2.75, 3.05) is 7.11 Å². The molecule has 0 saturated heterocycles. The van der Waals surface area contributed by atoms with Gasteiger partial charge in [-0.3, -0.25) is 34.2 Å². The smallest absolute Gasteiger partial charge is 0.325 e. The van der Waals surface area contributed by atoms with E-state index in [0.717, 1.165) is 25.0 Å². The monoisotopic (exact) mass is 320 g/mol. The number of benzene rings is 1. The third kappa shape index (κ3) is 2.80. The summed E-state index contributed by atoms with van der Waals surface area (Å²) in [5.41, 5.74) is 0.114. The van der Waals surface area contributed by atoms with Crippen molar-refractivity contribution in [2.24, 2.45) is 5.92 Å². The topological polar surface area (TPSA) is 124 Å². The molecule has 0 N–H and O–H groups in total. The van der Waals surface area contributed by atoms with Crippen molar-refractivity contribution in [1.29, 1.82) is 0 Å². The van der Waals surface area contributed by atoms with E-state index in [9.17, 15) is 29.3 Å².